The van der Waals surface area contributed by atoms with Crippen LogP contribution in [0.5, 0.6) is 5.75 Å². The molecular formula is C11H15BrN2O2. The van der Waals surface area contributed by atoms with Crippen molar-refractivity contribution in [1.29, 1.82) is 0 Å². The van der Waals surface area contributed by atoms with Crippen LogP contribution >= 0.6 is 15.9 Å². The van der Waals surface area contributed by atoms with Crippen molar-refractivity contribution in [2.24, 2.45) is 0 Å². The lowest BCUT2D eigenvalue weighted by Gasteiger charge is -2.08. The van der Waals surface area contributed by atoms with Crippen molar-refractivity contribution in [3.8, 4) is 5.75 Å². The number of nitrogens with two attached hydrogens (primary N) is 1. The molecule has 0 heterocycles. The SMILES string of the molecule is CCNC(=O)CCOc1ccc(Br)cc1N. The lowest BCUT2D eigenvalue weighted by Crippen LogP contribution is -2.24. The fourth-order valence-corrected chi connectivity index (χ4v) is 1.57. The zero-order valence-electron chi connectivity index (χ0n) is 9.13. The van der Waals surface area contributed by atoms with Crippen LogP contribution in [0.2, 0.25) is 0 Å². The predicted molar refractivity (Wildman–Crippen MR) is 67.4 cm³/mol. The van der Waals surface area contributed by atoms with E-state index in [0.29, 0.717) is 31.0 Å². The fourth-order valence-electron chi connectivity index (χ4n) is 1.19. The molecule has 4 nitrogen and oxygen atoms in total. The Morgan fingerprint density at radius 2 is 2.31 bits per heavy atom. The molecule has 16 heavy (non-hydrogen) atoms. The highest BCUT2D eigenvalue weighted by molar-refractivity contribution is 9.10. The maximum Gasteiger partial charge on any atom is 0.223 e. The standard InChI is InChI=1S/C11H15BrN2O2/c1-2-14-11(15)5-6-16-10-4-3-8(12)7-9(10)13/h3-4,7H,2,5-6,13H2,1H3,(H,14,15). The first-order valence-electron chi connectivity index (χ1n) is 5.08. The van der Waals surface area contributed by atoms with E-state index >= 15 is 0 Å². The summed E-state index contributed by atoms with van der Waals surface area (Å²) >= 11 is 3.31. The molecule has 1 aromatic carbocycles. The Kier molecular flexibility index (Phi) is 5.11. The Labute approximate surface area is 103 Å². The van der Waals surface area contributed by atoms with Crippen molar-refractivity contribution in [2.45, 2.75) is 13.3 Å². The molecule has 5 heteroatoms. The van der Waals surface area contributed by atoms with Gasteiger partial charge in [0, 0.05) is 11.0 Å². The zero-order valence-corrected chi connectivity index (χ0v) is 10.7. The van der Waals surface area contributed by atoms with Gasteiger partial charge in [-0.25, -0.2) is 0 Å². The van der Waals surface area contributed by atoms with E-state index in [-0.39, 0.29) is 5.91 Å². The van der Waals surface area contributed by atoms with E-state index in [9.17, 15) is 4.79 Å². The molecule has 0 saturated heterocycles. The molecule has 0 aliphatic carbocycles. The second kappa shape index (κ2) is 6.37. The average Bonchev–Trinajstić information content (AvgIpc) is 2.22. The molecule has 0 radical (unpaired) electrons. The van der Waals surface area contributed by atoms with Gasteiger partial charge in [-0.1, -0.05) is 15.9 Å². The Bertz CT molecular complexity index is 369. The van der Waals surface area contributed by atoms with Gasteiger partial charge in [0.1, 0.15) is 5.75 Å². The molecule has 88 valence electrons. The number of anilines is 1. The van der Waals surface area contributed by atoms with E-state index in [2.05, 4.69) is 21.2 Å². The topological polar surface area (TPSA) is 64.3 Å². The minimum absolute atomic E-state index is 0.0156. The number of hydrogen-bond acceptors (Lipinski definition) is 3. The number of ether oxygens (including phenoxy) is 1. The quantitative estimate of drug-likeness (QED) is 0.813. The molecule has 1 aromatic rings. The smallest absolute Gasteiger partial charge is 0.223 e. The minimum atomic E-state index is -0.0156. The normalized spacial score (nSPS) is 9.88. The first-order valence-corrected chi connectivity index (χ1v) is 5.87. The van der Waals surface area contributed by atoms with Gasteiger partial charge in [0.15, 0.2) is 0 Å². The largest absolute Gasteiger partial charge is 0.491 e. The van der Waals surface area contributed by atoms with Crippen LogP contribution in [-0.2, 0) is 4.79 Å². The van der Waals surface area contributed by atoms with Crippen molar-refractivity contribution in [2.75, 3.05) is 18.9 Å². The van der Waals surface area contributed by atoms with Gasteiger partial charge in [0.2, 0.25) is 5.91 Å². The molecule has 0 aliphatic heterocycles. The molecule has 0 saturated carbocycles. The molecule has 3 N–H and O–H groups in total. The zero-order chi connectivity index (χ0) is 12.0. The number of halogens is 1. The molecule has 1 amide bonds. The summed E-state index contributed by atoms with van der Waals surface area (Å²) in [6.07, 6.45) is 0.337. The molecule has 0 bridgehead atoms. The molecule has 0 unspecified atom stereocenters. The number of nitrogens with one attached hydrogen (secondary N) is 1. The Morgan fingerprint density at radius 1 is 1.56 bits per heavy atom. The van der Waals surface area contributed by atoms with Crippen molar-refractivity contribution < 1.29 is 9.53 Å². The summed E-state index contributed by atoms with van der Waals surface area (Å²) in [5.41, 5.74) is 6.30. The van der Waals surface area contributed by atoms with Crippen LogP contribution in [0.25, 0.3) is 0 Å². The van der Waals surface area contributed by atoms with Crippen LogP contribution in [0.4, 0.5) is 5.69 Å². The van der Waals surface area contributed by atoms with E-state index in [1.807, 2.05) is 13.0 Å². The summed E-state index contributed by atoms with van der Waals surface area (Å²) in [4.78, 5) is 11.1. The van der Waals surface area contributed by atoms with Crippen molar-refractivity contribution in [3.05, 3.63) is 22.7 Å². The van der Waals surface area contributed by atoms with Crippen LogP contribution in [0.3, 0.4) is 0 Å². The van der Waals surface area contributed by atoms with Gasteiger partial charge in [-0.05, 0) is 25.1 Å². The van der Waals surface area contributed by atoms with Gasteiger partial charge in [-0.3, -0.25) is 4.79 Å². The first-order chi connectivity index (χ1) is 7.63. The number of hydrogen-bond donors (Lipinski definition) is 2. The lowest BCUT2D eigenvalue weighted by atomic mass is 10.3. The summed E-state index contributed by atoms with van der Waals surface area (Å²) in [5, 5.41) is 2.70. The minimum Gasteiger partial charge on any atom is -0.491 e. The number of nitrogen functional groups attached to an aromatic ring is 1. The highest BCUT2D eigenvalue weighted by Crippen LogP contribution is 2.25. The van der Waals surface area contributed by atoms with E-state index in [0.717, 1.165) is 4.47 Å². The van der Waals surface area contributed by atoms with Gasteiger partial charge >= 0.3 is 0 Å². The van der Waals surface area contributed by atoms with Crippen LogP contribution < -0.4 is 15.8 Å². The van der Waals surface area contributed by atoms with Crippen LogP contribution in [0.15, 0.2) is 22.7 Å². The van der Waals surface area contributed by atoms with Crippen molar-refractivity contribution >= 4 is 27.5 Å². The Balaban J connectivity index is 2.40. The van der Waals surface area contributed by atoms with Crippen LogP contribution in [-0.4, -0.2) is 19.1 Å². The molecule has 0 spiro atoms. The van der Waals surface area contributed by atoms with Crippen molar-refractivity contribution in [3.63, 3.8) is 0 Å². The van der Waals surface area contributed by atoms with Gasteiger partial charge in [0.25, 0.3) is 0 Å². The maximum absolute atomic E-state index is 11.1. The number of rotatable bonds is 5. The van der Waals surface area contributed by atoms with Crippen LogP contribution in [0.1, 0.15) is 13.3 Å². The third kappa shape index (κ3) is 4.10. The molecule has 0 fully saturated rings. The number of benzene rings is 1. The Morgan fingerprint density at radius 3 is 2.94 bits per heavy atom. The van der Waals surface area contributed by atoms with E-state index < -0.39 is 0 Å². The molecule has 1 rings (SSSR count). The number of amides is 1. The van der Waals surface area contributed by atoms with Gasteiger partial charge in [-0.15, -0.1) is 0 Å². The molecule has 0 atom stereocenters. The lowest BCUT2D eigenvalue weighted by molar-refractivity contribution is -0.121. The summed E-state index contributed by atoms with van der Waals surface area (Å²) in [5.74, 6) is 0.589. The highest BCUT2D eigenvalue weighted by Gasteiger charge is 2.03. The van der Waals surface area contributed by atoms with E-state index in [1.165, 1.54) is 0 Å². The van der Waals surface area contributed by atoms with Gasteiger partial charge < -0.3 is 15.8 Å². The summed E-state index contributed by atoms with van der Waals surface area (Å²) < 4.78 is 6.31. The third-order valence-corrected chi connectivity index (χ3v) is 2.43. The van der Waals surface area contributed by atoms with E-state index in [4.69, 9.17) is 10.5 Å². The second-order valence-corrected chi connectivity index (χ2v) is 4.15. The third-order valence-electron chi connectivity index (χ3n) is 1.93. The summed E-state index contributed by atoms with van der Waals surface area (Å²) in [6.45, 7) is 2.85. The second-order valence-electron chi connectivity index (χ2n) is 3.23. The fraction of sp³-hybridized carbons (Fsp3) is 0.364. The summed E-state index contributed by atoms with van der Waals surface area (Å²) in [7, 11) is 0. The first kappa shape index (κ1) is 12.8. The maximum atomic E-state index is 11.1. The number of carbonyl (C=O) groups is 1. The Hall–Kier alpha value is -1.23. The summed E-state index contributed by atoms with van der Waals surface area (Å²) in [6, 6.07) is 5.39. The average molecular weight is 287 g/mol. The molecule has 0 aliphatic rings. The number of carbonyl (C=O) groups excluding carboxylic acids is 1. The molecular weight excluding hydrogens is 272 g/mol. The van der Waals surface area contributed by atoms with Crippen LogP contribution in [0, 0.1) is 0 Å². The predicted octanol–water partition coefficient (Wildman–Crippen LogP) is 1.94. The van der Waals surface area contributed by atoms with Gasteiger partial charge in [-0.2, -0.15) is 0 Å². The molecule has 0 aromatic heterocycles. The highest BCUT2D eigenvalue weighted by atomic mass is 79.9. The van der Waals surface area contributed by atoms with Gasteiger partial charge in [0.05, 0.1) is 18.7 Å². The monoisotopic (exact) mass is 286 g/mol. The van der Waals surface area contributed by atoms with E-state index in [1.54, 1.807) is 12.1 Å². The van der Waals surface area contributed by atoms with Crippen molar-refractivity contribution in [1.82, 2.24) is 5.32 Å².